The van der Waals surface area contributed by atoms with Crippen LogP contribution >= 0.6 is 0 Å². The first-order chi connectivity index (χ1) is 11.8. The van der Waals surface area contributed by atoms with Crippen LogP contribution in [-0.2, 0) is 4.79 Å². The smallest absolute Gasteiger partial charge is 0.247 e. The Hall–Kier alpha value is -2.88. The quantitative estimate of drug-likeness (QED) is 0.767. The van der Waals surface area contributed by atoms with Crippen LogP contribution in [0.5, 0.6) is 0 Å². The monoisotopic (exact) mass is 317 g/mol. The van der Waals surface area contributed by atoms with Gasteiger partial charge in [-0.2, -0.15) is 0 Å². The van der Waals surface area contributed by atoms with E-state index in [-0.39, 0.29) is 11.9 Å². The summed E-state index contributed by atoms with van der Waals surface area (Å²) in [6.45, 7) is 0. The average Bonchev–Trinajstić information content (AvgIpc) is 3.31. The predicted octanol–water partition coefficient (Wildman–Crippen LogP) is 3.88. The summed E-state index contributed by atoms with van der Waals surface area (Å²) in [5, 5.41) is 3.21. The van der Waals surface area contributed by atoms with Gasteiger partial charge in [0.15, 0.2) is 0 Å². The van der Waals surface area contributed by atoms with Gasteiger partial charge in [-0.25, -0.2) is 4.98 Å². The van der Waals surface area contributed by atoms with Gasteiger partial charge in [0.05, 0.1) is 23.4 Å². The maximum absolute atomic E-state index is 12.6. The zero-order chi connectivity index (χ0) is 16.4. The molecule has 0 fully saturated rings. The molecule has 2 aromatic carbocycles. The Bertz CT molecular complexity index is 895. The van der Waals surface area contributed by atoms with E-state index in [9.17, 15) is 4.79 Å². The van der Waals surface area contributed by atoms with Gasteiger partial charge >= 0.3 is 0 Å². The molecule has 3 aromatic rings. The van der Waals surface area contributed by atoms with Gasteiger partial charge < -0.3 is 10.3 Å². The second-order valence-electron chi connectivity index (χ2n) is 6.12. The molecular weight excluding hydrogens is 298 g/mol. The van der Waals surface area contributed by atoms with Gasteiger partial charge in [-0.3, -0.25) is 4.79 Å². The largest absolute Gasteiger partial charge is 0.345 e. The third-order valence-electron chi connectivity index (χ3n) is 4.52. The van der Waals surface area contributed by atoms with Crippen LogP contribution in [0.4, 0.5) is 0 Å². The second-order valence-corrected chi connectivity index (χ2v) is 6.12. The molecule has 120 valence electrons. The summed E-state index contributed by atoms with van der Waals surface area (Å²) in [5.74, 6) is 0.0334. The number of hydrogen-bond donors (Lipinski definition) is 2. The SMILES string of the molecule is O=C(N[C@@H](c1ccccc1)c1ccc2nc[nH]c2c1)C1=CCCC1. The van der Waals surface area contributed by atoms with Crippen molar-refractivity contribution < 1.29 is 4.79 Å². The Morgan fingerprint density at radius 2 is 2.00 bits per heavy atom. The second kappa shape index (κ2) is 6.32. The number of carbonyl (C=O) groups is 1. The molecule has 0 radical (unpaired) electrons. The average molecular weight is 317 g/mol. The highest BCUT2D eigenvalue weighted by Crippen LogP contribution is 2.26. The van der Waals surface area contributed by atoms with Crippen LogP contribution in [0, 0.1) is 0 Å². The van der Waals surface area contributed by atoms with Crippen molar-refractivity contribution in [3.8, 4) is 0 Å². The molecule has 1 aliphatic rings. The van der Waals surface area contributed by atoms with Gasteiger partial charge in [-0.1, -0.05) is 42.5 Å². The Morgan fingerprint density at radius 3 is 2.79 bits per heavy atom. The predicted molar refractivity (Wildman–Crippen MR) is 94.5 cm³/mol. The van der Waals surface area contributed by atoms with E-state index >= 15 is 0 Å². The van der Waals surface area contributed by atoms with Gasteiger partial charge in [0.25, 0.3) is 0 Å². The number of fused-ring (bicyclic) bond motifs is 1. The van der Waals surface area contributed by atoms with E-state index in [4.69, 9.17) is 0 Å². The Balaban J connectivity index is 1.70. The zero-order valence-electron chi connectivity index (χ0n) is 13.3. The van der Waals surface area contributed by atoms with Crippen LogP contribution in [-0.4, -0.2) is 15.9 Å². The number of imidazole rings is 1. The number of H-pyrrole nitrogens is 1. The maximum atomic E-state index is 12.6. The lowest BCUT2D eigenvalue weighted by atomic mass is 9.97. The Labute approximate surface area is 140 Å². The molecule has 1 heterocycles. The molecule has 1 amide bonds. The molecule has 4 nitrogen and oxygen atoms in total. The summed E-state index contributed by atoms with van der Waals surface area (Å²) >= 11 is 0. The molecule has 0 spiro atoms. The number of nitrogens with zero attached hydrogens (tertiary/aromatic N) is 1. The number of aromatic nitrogens is 2. The van der Waals surface area contributed by atoms with Crippen molar-refractivity contribution >= 4 is 16.9 Å². The number of aromatic amines is 1. The fourth-order valence-electron chi connectivity index (χ4n) is 3.24. The third kappa shape index (κ3) is 2.83. The van der Waals surface area contributed by atoms with E-state index in [0.717, 1.165) is 47.0 Å². The van der Waals surface area contributed by atoms with E-state index in [0.29, 0.717) is 0 Å². The summed E-state index contributed by atoms with van der Waals surface area (Å²) in [4.78, 5) is 20.0. The summed E-state index contributed by atoms with van der Waals surface area (Å²) in [5.41, 5.74) is 4.92. The molecule has 4 heteroatoms. The van der Waals surface area contributed by atoms with E-state index in [1.165, 1.54) is 0 Å². The van der Waals surface area contributed by atoms with E-state index in [1.54, 1.807) is 6.33 Å². The van der Waals surface area contributed by atoms with Gasteiger partial charge in [-0.05, 0) is 42.5 Å². The summed E-state index contributed by atoms with van der Waals surface area (Å²) in [6.07, 6.45) is 6.67. The standard InChI is InChI=1S/C20H19N3O/c24-20(15-8-4-5-9-15)23-19(14-6-2-1-3-7-14)16-10-11-17-18(12-16)22-13-21-17/h1-3,6-8,10-13,19H,4-5,9H2,(H,21,22)(H,23,24)/t19-/m0/s1. The molecule has 0 saturated heterocycles. The topological polar surface area (TPSA) is 57.8 Å². The van der Waals surface area contributed by atoms with Crippen molar-refractivity contribution in [3.05, 3.63) is 77.6 Å². The molecular formula is C20H19N3O. The van der Waals surface area contributed by atoms with E-state index in [1.807, 2.05) is 42.5 Å². The molecule has 24 heavy (non-hydrogen) atoms. The molecule has 2 N–H and O–H groups in total. The number of amides is 1. The fraction of sp³-hybridized carbons (Fsp3) is 0.200. The number of hydrogen-bond acceptors (Lipinski definition) is 2. The van der Waals surface area contributed by atoms with Crippen LogP contribution in [0.15, 0.2) is 66.5 Å². The van der Waals surface area contributed by atoms with E-state index in [2.05, 4.69) is 27.4 Å². The van der Waals surface area contributed by atoms with Gasteiger partial charge in [0, 0.05) is 5.57 Å². The van der Waals surface area contributed by atoms with Crippen molar-refractivity contribution in [2.24, 2.45) is 0 Å². The van der Waals surface area contributed by atoms with Crippen LogP contribution in [0.2, 0.25) is 0 Å². The van der Waals surface area contributed by atoms with Crippen molar-refractivity contribution in [2.45, 2.75) is 25.3 Å². The van der Waals surface area contributed by atoms with Crippen molar-refractivity contribution in [3.63, 3.8) is 0 Å². The minimum absolute atomic E-state index is 0.0334. The highest BCUT2D eigenvalue weighted by molar-refractivity contribution is 5.94. The first-order valence-corrected chi connectivity index (χ1v) is 8.29. The van der Waals surface area contributed by atoms with Crippen LogP contribution in [0.25, 0.3) is 11.0 Å². The van der Waals surface area contributed by atoms with Crippen LogP contribution < -0.4 is 5.32 Å². The Kier molecular flexibility index (Phi) is 3.87. The molecule has 1 atom stereocenters. The number of allylic oxidation sites excluding steroid dienone is 1. The van der Waals surface area contributed by atoms with Crippen molar-refractivity contribution in [1.82, 2.24) is 15.3 Å². The third-order valence-corrected chi connectivity index (χ3v) is 4.52. The van der Waals surface area contributed by atoms with Crippen LogP contribution in [0.1, 0.15) is 36.4 Å². The summed E-state index contributed by atoms with van der Waals surface area (Å²) in [6, 6.07) is 16.0. The van der Waals surface area contributed by atoms with Crippen molar-refractivity contribution in [1.29, 1.82) is 0 Å². The fourth-order valence-corrected chi connectivity index (χ4v) is 3.24. The minimum Gasteiger partial charge on any atom is -0.345 e. The Morgan fingerprint density at radius 1 is 1.12 bits per heavy atom. The van der Waals surface area contributed by atoms with Gasteiger partial charge in [0.1, 0.15) is 0 Å². The lowest BCUT2D eigenvalue weighted by molar-refractivity contribution is -0.118. The highest BCUT2D eigenvalue weighted by Gasteiger charge is 2.20. The summed E-state index contributed by atoms with van der Waals surface area (Å²) < 4.78 is 0. The number of benzene rings is 2. The van der Waals surface area contributed by atoms with E-state index < -0.39 is 0 Å². The normalized spacial score (nSPS) is 15.2. The first kappa shape index (κ1) is 14.7. The van der Waals surface area contributed by atoms with Gasteiger partial charge in [0.2, 0.25) is 5.91 Å². The highest BCUT2D eigenvalue weighted by atomic mass is 16.1. The van der Waals surface area contributed by atoms with Crippen molar-refractivity contribution in [2.75, 3.05) is 0 Å². The van der Waals surface area contributed by atoms with Gasteiger partial charge in [-0.15, -0.1) is 0 Å². The molecule has 0 aliphatic heterocycles. The van der Waals surface area contributed by atoms with Crippen LogP contribution in [0.3, 0.4) is 0 Å². The lowest BCUT2D eigenvalue weighted by Gasteiger charge is -2.20. The molecule has 0 saturated carbocycles. The zero-order valence-corrected chi connectivity index (χ0v) is 13.3. The molecule has 0 unspecified atom stereocenters. The summed E-state index contributed by atoms with van der Waals surface area (Å²) in [7, 11) is 0. The first-order valence-electron chi connectivity index (χ1n) is 8.29. The number of carbonyl (C=O) groups excluding carboxylic acids is 1. The minimum atomic E-state index is -0.173. The molecule has 1 aliphatic carbocycles. The maximum Gasteiger partial charge on any atom is 0.247 e. The molecule has 1 aromatic heterocycles. The number of nitrogens with one attached hydrogen (secondary N) is 2. The molecule has 4 rings (SSSR count). The molecule has 0 bridgehead atoms. The lowest BCUT2D eigenvalue weighted by Crippen LogP contribution is -2.30. The number of rotatable bonds is 4.